The van der Waals surface area contributed by atoms with Crippen LogP contribution in [0.3, 0.4) is 0 Å². The average molecular weight is 450 g/mol. The molecule has 0 spiro atoms. The molecule has 170 valence electrons. The number of sulfonamides is 1. The molecular formula is C22H31N3O5S. The zero-order chi connectivity index (χ0) is 22.6. The van der Waals surface area contributed by atoms with Crippen LogP contribution in [0, 0.1) is 0 Å². The lowest BCUT2D eigenvalue weighted by Gasteiger charge is -2.25. The number of amides is 1. The first-order chi connectivity index (χ1) is 14.8. The number of methoxy groups -OCH3 is 2. The van der Waals surface area contributed by atoms with Gasteiger partial charge in [-0.1, -0.05) is 12.5 Å². The lowest BCUT2D eigenvalue weighted by atomic mass is 10.1. The lowest BCUT2D eigenvalue weighted by Crippen LogP contribution is -2.35. The molecule has 3 rings (SSSR count). The van der Waals surface area contributed by atoms with Gasteiger partial charge in [0.05, 0.1) is 14.2 Å². The van der Waals surface area contributed by atoms with Crippen molar-refractivity contribution in [3.05, 3.63) is 41.7 Å². The van der Waals surface area contributed by atoms with E-state index in [0.717, 1.165) is 24.8 Å². The Labute approximate surface area is 184 Å². The predicted octanol–water partition coefficient (Wildman–Crippen LogP) is 2.53. The molecule has 1 aromatic heterocycles. The molecule has 1 fully saturated rings. The van der Waals surface area contributed by atoms with Crippen molar-refractivity contribution in [2.45, 2.75) is 30.6 Å². The standard InChI is InChI=1S/C22H31N3O5S/c1-23(13-10-17-8-9-20(29-3)21(14-17)30-4)22(26)19-15-18(16-24(19)2)31(27,28)25-11-6-5-7-12-25/h8-9,14-16H,5-7,10-13H2,1-4H3. The molecule has 9 heteroatoms. The van der Waals surface area contributed by atoms with Crippen LogP contribution in [-0.2, 0) is 23.5 Å². The summed E-state index contributed by atoms with van der Waals surface area (Å²) >= 11 is 0. The topological polar surface area (TPSA) is 81.1 Å². The van der Waals surface area contributed by atoms with Gasteiger partial charge in [0.1, 0.15) is 10.6 Å². The van der Waals surface area contributed by atoms with Crippen molar-refractivity contribution in [2.75, 3.05) is 40.9 Å². The summed E-state index contributed by atoms with van der Waals surface area (Å²) in [5.74, 6) is 1.08. The average Bonchev–Trinajstić information content (AvgIpc) is 3.19. The second-order valence-corrected chi connectivity index (χ2v) is 9.74. The molecule has 1 amide bonds. The van der Waals surface area contributed by atoms with Gasteiger partial charge in [-0.2, -0.15) is 4.31 Å². The predicted molar refractivity (Wildman–Crippen MR) is 118 cm³/mol. The van der Waals surface area contributed by atoms with Gasteiger partial charge in [-0.05, 0) is 43.0 Å². The summed E-state index contributed by atoms with van der Waals surface area (Å²) in [6.07, 6.45) is 4.95. The van der Waals surface area contributed by atoms with Gasteiger partial charge in [-0.3, -0.25) is 4.79 Å². The van der Waals surface area contributed by atoms with E-state index in [9.17, 15) is 13.2 Å². The van der Waals surface area contributed by atoms with E-state index >= 15 is 0 Å². The van der Waals surface area contributed by atoms with E-state index in [4.69, 9.17) is 9.47 Å². The lowest BCUT2D eigenvalue weighted by molar-refractivity contribution is 0.0787. The summed E-state index contributed by atoms with van der Waals surface area (Å²) in [5.41, 5.74) is 1.36. The van der Waals surface area contributed by atoms with Crippen molar-refractivity contribution in [1.29, 1.82) is 0 Å². The number of hydrogen-bond donors (Lipinski definition) is 0. The number of carbonyl (C=O) groups is 1. The van der Waals surface area contributed by atoms with Gasteiger partial charge in [-0.25, -0.2) is 8.42 Å². The number of piperidine rings is 1. The van der Waals surface area contributed by atoms with Crippen molar-refractivity contribution < 1.29 is 22.7 Å². The fraction of sp³-hybridized carbons (Fsp3) is 0.500. The fourth-order valence-electron chi connectivity index (χ4n) is 3.77. The summed E-state index contributed by atoms with van der Waals surface area (Å²) in [4.78, 5) is 14.8. The smallest absolute Gasteiger partial charge is 0.270 e. The van der Waals surface area contributed by atoms with Gasteiger partial charge in [-0.15, -0.1) is 0 Å². The van der Waals surface area contributed by atoms with Gasteiger partial charge in [0, 0.05) is 39.9 Å². The molecule has 2 aromatic rings. The Morgan fingerprint density at radius 2 is 1.74 bits per heavy atom. The van der Waals surface area contributed by atoms with Crippen LogP contribution in [0.1, 0.15) is 35.3 Å². The van der Waals surface area contributed by atoms with Crippen LogP contribution in [0.4, 0.5) is 0 Å². The number of hydrogen-bond acceptors (Lipinski definition) is 5. The molecule has 1 saturated heterocycles. The van der Waals surface area contributed by atoms with Crippen molar-refractivity contribution in [2.24, 2.45) is 7.05 Å². The van der Waals surface area contributed by atoms with E-state index in [1.54, 1.807) is 37.8 Å². The summed E-state index contributed by atoms with van der Waals surface area (Å²) in [5, 5.41) is 0. The summed E-state index contributed by atoms with van der Waals surface area (Å²) < 4.78 is 39.6. The molecule has 8 nitrogen and oxygen atoms in total. The van der Waals surface area contributed by atoms with E-state index in [1.807, 2.05) is 18.2 Å². The van der Waals surface area contributed by atoms with Crippen molar-refractivity contribution in [3.8, 4) is 11.5 Å². The molecule has 2 heterocycles. The summed E-state index contributed by atoms with van der Waals surface area (Å²) in [6.45, 7) is 1.55. The van der Waals surface area contributed by atoms with E-state index in [2.05, 4.69) is 0 Å². The minimum absolute atomic E-state index is 0.175. The number of rotatable bonds is 8. The first-order valence-corrected chi connectivity index (χ1v) is 11.8. The monoisotopic (exact) mass is 449 g/mol. The number of nitrogens with zero attached hydrogens (tertiary/aromatic N) is 3. The number of likely N-dealkylation sites (N-methyl/N-ethyl adjacent to an activating group) is 1. The fourth-order valence-corrected chi connectivity index (χ4v) is 5.36. The molecule has 0 N–H and O–H groups in total. The third-order valence-corrected chi connectivity index (χ3v) is 7.55. The first kappa shape index (κ1) is 23.1. The number of carbonyl (C=O) groups excluding carboxylic acids is 1. The second kappa shape index (κ2) is 9.74. The summed E-state index contributed by atoms with van der Waals surface area (Å²) in [7, 11) is 3.01. The molecule has 0 radical (unpaired) electrons. The highest BCUT2D eigenvalue weighted by atomic mass is 32.2. The Kier molecular flexibility index (Phi) is 7.27. The number of aryl methyl sites for hydroxylation is 1. The molecule has 0 bridgehead atoms. The van der Waals surface area contributed by atoms with E-state index in [1.165, 1.54) is 16.6 Å². The maximum Gasteiger partial charge on any atom is 0.270 e. The van der Waals surface area contributed by atoms with Gasteiger partial charge in [0.15, 0.2) is 11.5 Å². The number of aromatic nitrogens is 1. The highest BCUT2D eigenvalue weighted by molar-refractivity contribution is 7.89. The Balaban J connectivity index is 1.70. The zero-order valence-electron chi connectivity index (χ0n) is 18.6. The SMILES string of the molecule is COc1ccc(CCN(C)C(=O)c2cc(S(=O)(=O)N3CCCCC3)cn2C)cc1OC. The van der Waals surface area contributed by atoms with Crippen LogP contribution in [0.5, 0.6) is 11.5 Å². The minimum Gasteiger partial charge on any atom is -0.493 e. The highest BCUT2D eigenvalue weighted by Crippen LogP contribution is 2.28. The molecular weight excluding hydrogens is 418 g/mol. The third kappa shape index (κ3) is 5.04. The van der Waals surface area contributed by atoms with Crippen LogP contribution in [0.2, 0.25) is 0 Å². The maximum absolute atomic E-state index is 13.0. The van der Waals surface area contributed by atoms with Gasteiger partial charge < -0.3 is 18.9 Å². The molecule has 0 saturated carbocycles. The Bertz CT molecular complexity index is 1030. The van der Waals surface area contributed by atoms with Crippen LogP contribution < -0.4 is 9.47 Å². The normalized spacial score (nSPS) is 15.0. The van der Waals surface area contributed by atoms with Crippen LogP contribution in [0.15, 0.2) is 35.4 Å². The molecule has 31 heavy (non-hydrogen) atoms. The quantitative estimate of drug-likeness (QED) is 0.619. The molecule has 1 aromatic carbocycles. The van der Waals surface area contributed by atoms with Crippen molar-refractivity contribution >= 4 is 15.9 Å². The summed E-state index contributed by atoms with van der Waals surface area (Å²) in [6, 6.07) is 7.15. The molecule has 0 aliphatic carbocycles. The van der Waals surface area contributed by atoms with E-state index in [0.29, 0.717) is 43.2 Å². The van der Waals surface area contributed by atoms with Gasteiger partial charge >= 0.3 is 0 Å². The Morgan fingerprint density at radius 3 is 2.39 bits per heavy atom. The van der Waals surface area contributed by atoms with Crippen molar-refractivity contribution in [1.82, 2.24) is 13.8 Å². The highest BCUT2D eigenvalue weighted by Gasteiger charge is 2.29. The van der Waals surface area contributed by atoms with Crippen molar-refractivity contribution in [3.63, 3.8) is 0 Å². The molecule has 0 unspecified atom stereocenters. The second-order valence-electron chi connectivity index (χ2n) is 7.80. The third-order valence-electron chi connectivity index (χ3n) is 5.68. The van der Waals surface area contributed by atoms with Crippen LogP contribution >= 0.6 is 0 Å². The molecule has 1 aliphatic rings. The van der Waals surface area contributed by atoms with E-state index < -0.39 is 10.0 Å². The number of ether oxygens (including phenoxy) is 2. The zero-order valence-corrected chi connectivity index (χ0v) is 19.4. The molecule has 0 atom stereocenters. The molecule has 1 aliphatic heterocycles. The number of benzene rings is 1. The van der Waals surface area contributed by atoms with Crippen LogP contribution in [-0.4, -0.2) is 69.0 Å². The Hall–Kier alpha value is -2.52. The maximum atomic E-state index is 13.0. The largest absolute Gasteiger partial charge is 0.493 e. The van der Waals surface area contributed by atoms with E-state index in [-0.39, 0.29) is 10.8 Å². The Morgan fingerprint density at radius 1 is 1.06 bits per heavy atom. The van der Waals surface area contributed by atoms with Crippen LogP contribution in [0.25, 0.3) is 0 Å². The van der Waals surface area contributed by atoms with Gasteiger partial charge in [0.25, 0.3) is 5.91 Å². The minimum atomic E-state index is -3.58. The first-order valence-electron chi connectivity index (χ1n) is 10.4. The van der Waals surface area contributed by atoms with Gasteiger partial charge in [0.2, 0.25) is 10.0 Å².